The van der Waals surface area contributed by atoms with E-state index < -0.39 is 0 Å². The predicted octanol–water partition coefficient (Wildman–Crippen LogP) is 3.39. The van der Waals surface area contributed by atoms with Gasteiger partial charge in [-0.15, -0.1) is 0 Å². The quantitative estimate of drug-likeness (QED) is 0.927. The summed E-state index contributed by atoms with van der Waals surface area (Å²) in [5.74, 6) is 0. The van der Waals surface area contributed by atoms with Crippen molar-refractivity contribution in [2.45, 2.75) is 39.3 Å². The van der Waals surface area contributed by atoms with Gasteiger partial charge in [-0.2, -0.15) is 5.10 Å². The second kappa shape index (κ2) is 4.99. The van der Waals surface area contributed by atoms with E-state index in [-0.39, 0.29) is 0 Å². The van der Waals surface area contributed by atoms with Gasteiger partial charge < -0.3 is 5.32 Å². The summed E-state index contributed by atoms with van der Waals surface area (Å²) in [6.07, 6.45) is 4.51. The zero-order valence-corrected chi connectivity index (χ0v) is 12.0. The van der Waals surface area contributed by atoms with Crippen molar-refractivity contribution in [1.82, 2.24) is 15.1 Å². The van der Waals surface area contributed by atoms with Gasteiger partial charge in [0.2, 0.25) is 0 Å². The van der Waals surface area contributed by atoms with Gasteiger partial charge in [-0.3, -0.25) is 0 Å². The molecule has 3 nitrogen and oxygen atoms in total. The van der Waals surface area contributed by atoms with Gasteiger partial charge in [-0.05, 0) is 43.9 Å². The maximum Gasteiger partial charge on any atom is 0.0819 e. The molecule has 0 amide bonds. The lowest BCUT2D eigenvalue weighted by molar-refractivity contribution is 0.687. The molecule has 1 fully saturated rings. The van der Waals surface area contributed by atoms with E-state index in [0.29, 0.717) is 5.02 Å². The second-order valence-corrected chi connectivity index (χ2v) is 5.69. The second-order valence-electron chi connectivity index (χ2n) is 5.28. The summed E-state index contributed by atoms with van der Waals surface area (Å²) >= 11 is 6.06. The number of nitrogens with zero attached hydrogens (tertiary/aromatic N) is 2. The number of rotatable bonds is 4. The van der Waals surface area contributed by atoms with Crippen LogP contribution in [-0.2, 0) is 6.54 Å². The van der Waals surface area contributed by atoms with Gasteiger partial charge in [0.25, 0.3) is 0 Å². The lowest BCUT2D eigenvalue weighted by Crippen LogP contribution is -2.15. The van der Waals surface area contributed by atoms with Crippen molar-refractivity contribution < 1.29 is 0 Å². The van der Waals surface area contributed by atoms with Gasteiger partial charge in [0.1, 0.15) is 0 Å². The van der Waals surface area contributed by atoms with Gasteiger partial charge in [-0.1, -0.05) is 23.7 Å². The van der Waals surface area contributed by atoms with Crippen molar-refractivity contribution in [3.8, 4) is 5.69 Å². The lowest BCUT2D eigenvalue weighted by Gasteiger charge is -2.09. The molecule has 100 valence electrons. The Bertz CT molecular complexity index is 580. The van der Waals surface area contributed by atoms with E-state index in [1.807, 2.05) is 17.8 Å². The summed E-state index contributed by atoms with van der Waals surface area (Å²) in [7, 11) is 0. The van der Waals surface area contributed by atoms with Crippen LogP contribution in [-0.4, -0.2) is 15.8 Å². The molecule has 0 atom stereocenters. The largest absolute Gasteiger partial charge is 0.310 e. The number of hydrogen-bond donors (Lipinski definition) is 1. The molecule has 3 rings (SSSR count). The van der Waals surface area contributed by atoms with Gasteiger partial charge in [0, 0.05) is 18.8 Å². The van der Waals surface area contributed by atoms with Crippen molar-refractivity contribution in [1.29, 1.82) is 0 Å². The van der Waals surface area contributed by atoms with Crippen molar-refractivity contribution in [3.63, 3.8) is 0 Å². The zero-order chi connectivity index (χ0) is 13.4. The number of benzene rings is 1. The summed E-state index contributed by atoms with van der Waals surface area (Å²) in [6, 6.07) is 7.23. The van der Waals surface area contributed by atoms with Gasteiger partial charge in [0.05, 0.1) is 16.4 Å². The van der Waals surface area contributed by atoms with E-state index in [2.05, 4.69) is 35.5 Å². The molecule has 1 aromatic carbocycles. The molecule has 4 heteroatoms. The van der Waals surface area contributed by atoms with Crippen LogP contribution in [0.2, 0.25) is 5.02 Å². The third-order valence-electron chi connectivity index (χ3n) is 3.52. The molecule has 1 aliphatic carbocycles. The summed E-state index contributed by atoms with van der Waals surface area (Å²) < 4.78 is 1.85. The average Bonchev–Trinajstić information content (AvgIpc) is 3.14. The molecule has 0 bridgehead atoms. The normalized spacial score (nSPS) is 14.9. The van der Waals surface area contributed by atoms with Crippen LogP contribution in [0.1, 0.15) is 29.7 Å². The molecule has 1 aromatic heterocycles. The third-order valence-corrected chi connectivity index (χ3v) is 3.89. The Hall–Kier alpha value is -1.32. The van der Waals surface area contributed by atoms with Crippen molar-refractivity contribution in [3.05, 3.63) is 46.2 Å². The highest BCUT2D eigenvalue weighted by Crippen LogP contribution is 2.22. The molecule has 0 saturated heterocycles. The summed E-state index contributed by atoms with van der Waals surface area (Å²) in [5.41, 5.74) is 4.49. The van der Waals surface area contributed by atoms with Gasteiger partial charge in [0.15, 0.2) is 0 Å². The van der Waals surface area contributed by atoms with Crippen LogP contribution in [0.3, 0.4) is 0 Å². The summed E-state index contributed by atoms with van der Waals surface area (Å²) in [5, 5.41) is 8.66. The Kier molecular flexibility index (Phi) is 3.33. The maximum absolute atomic E-state index is 6.06. The van der Waals surface area contributed by atoms with E-state index in [1.54, 1.807) is 0 Å². The topological polar surface area (TPSA) is 29.9 Å². The SMILES string of the molecule is Cc1cc(CNC2CC2)ccc1-n1cc(Cl)c(C)n1. The summed E-state index contributed by atoms with van der Waals surface area (Å²) in [4.78, 5) is 0. The molecule has 19 heavy (non-hydrogen) atoms. The van der Waals surface area contributed by atoms with Crippen LogP contribution in [0.4, 0.5) is 0 Å². The average molecular weight is 276 g/mol. The molecule has 0 unspecified atom stereocenters. The molecule has 2 aromatic rings. The van der Waals surface area contributed by atoms with Crippen LogP contribution in [0.15, 0.2) is 24.4 Å². The van der Waals surface area contributed by atoms with Crippen LogP contribution >= 0.6 is 11.6 Å². The highest BCUT2D eigenvalue weighted by atomic mass is 35.5. The first-order valence-electron chi connectivity index (χ1n) is 6.68. The fraction of sp³-hybridized carbons (Fsp3) is 0.400. The minimum atomic E-state index is 0.707. The minimum absolute atomic E-state index is 0.707. The Morgan fingerprint density at radius 1 is 1.37 bits per heavy atom. The predicted molar refractivity (Wildman–Crippen MR) is 77.9 cm³/mol. The fourth-order valence-corrected chi connectivity index (χ4v) is 2.33. The van der Waals surface area contributed by atoms with Gasteiger partial charge >= 0.3 is 0 Å². The van der Waals surface area contributed by atoms with Gasteiger partial charge in [-0.25, -0.2) is 4.68 Å². The Labute approximate surface area is 118 Å². The number of hydrogen-bond acceptors (Lipinski definition) is 2. The zero-order valence-electron chi connectivity index (χ0n) is 11.3. The van der Waals surface area contributed by atoms with Crippen LogP contribution in [0, 0.1) is 13.8 Å². The number of nitrogens with one attached hydrogen (secondary N) is 1. The molecule has 0 spiro atoms. The van der Waals surface area contributed by atoms with E-state index >= 15 is 0 Å². The van der Waals surface area contributed by atoms with Crippen molar-refractivity contribution >= 4 is 11.6 Å². The smallest absolute Gasteiger partial charge is 0.0819 e. The summed E-state index contributed by atoms with van der Waals surface area (Å²) in [6.45, 7) is 4.98. The Balaban J connectivity index is 1.81. The standard InChI is InChI=1S/C15H18ClN3/c1-10-7-12(8-17-13-4-5-13)3-6-15(10)19-9-14(16)11(2)18-19/h3,6-7,9,13,17H,4-5,8H2,1-2H3. The molecule has 1 heterocycles. The van der Waals surface area contributed by atoms with E-state index in [9.17, 15) is 0 Å². The van der Waals surface area contributed by atoms with Crippen LogP contribution in [0.5, 0.6) is 0 Å². The number of aryl methyl sites for hydroxylation is 2. The maximum atomic E-state index is 6.06. The molecule has 0 radical (unpaired) electrons. The lowest BCUT2D eigenvalue weighted by atomic mass is 10.1. The molecule has 1 aliphatic rings. The molecular weight excluding hydrogens is 258 g/mol. The van der Waals surface area contributed by atoms with Crippen molar-refractivity contribution in [2.24, 2.45) is 0 Å². The minimum Gasteiger partial charge on any atom is -0.310 e. The van der Waals surface area contributed by atoms with Crippen molar-refractivity contribution in [2.75, 3.05) is 0 Å². The first-order chi connectivity index (χ1) is 9.13. The monoisotopic (exact) mass is 275 g/mol. The van der Waals surface area contributed by atoms with E-state index in [0.717, 1.165) is 24.0 Å². The fourth-order valence-electron chi connectivity index (χ4n) is 2.20. The third kappa shape index (κ3) is 2.82. The van der Waals surface area contributed by atoms with E-state index in [1.165, 1.54) is 24.0 Å². The Morgan fingerprint density at radius 3 is 2.74 bits per heavy atom. The Morgan fingerprint density at radius 2 is 2.16 bits per heavy atom. The number of aromatic nitrogens is 2. The molecule has 1 saturated carbocycles. The van der Waals surface area contributed by atoms with E-state index in [4.69, 9.17) is 11.6 Å². The highest BCUT2D eigenvalue weighted by Gasteiger charge is 2.20. The first-order valence-corrected chi connectivity index (χ1v) is 7.06. The first kappa shape index (κ1) is 12.7. The molecular formula is C15H18ClN3. The number of halogens is 1. The molecule has 1 N–H and O–H groups in total. The molecule has 0 aliphatic heterocycles. The highest BCUT2D eigenvalue weighted by molar-refractivity contribution is 6.31. The van der Waals surface area contributed by atoms with Crippen LogP contribution in [0.25, 0.3) is 5.69 Å². The van der Waals surface area contributed by atoms with Crippen LogP contribution < -0.4 is 5.32 Å².